The number of hydrogen-bond acceptors (Lipinski definition) is 3. The summed E-state index contributed by atoms with van der Waals surface area (Å²) in [5.74, 6) is -0.291. The summed E-state index contributed by atoms with van der Waals surface area (Å²) in [4.78, 5) is 14.1. The van der Waals surface area contributed by atoms with Crippen molar-refractivity contribution in [2.75, 3.05) is 25.0 Å². The van der Waals surface area contributed by atoms with Gasteiger partial charge in [0.15, 0.2) is 0 Å². The fraction of sp³-hybridized carbons (Fsp3) is 0.500. The maximum atomic E-state index is 13.4. The lowest BCUT2D eigenvalue weighted by atomic mass is 10.1. The van der Waals surface area contributed by atoms with Gasteiger partial charge in [-0.1, -0.05) is 6.07 Å². The summed E-state index contributed by atoms with van der Waals surface area (Å²) in [7, 11) is 1.81. The molecule has 2 rings (SSSR count). The number of amides is 1. The third-order valence-electron chi connectivity index (χ3n) is 3.48. The molecule has 1 heterocycles. The molecule has 5 heteroatoms. The van der Waals surface area contributed by atoms with Crippen molar-refractivity contribution in [1.82, 2.24) is 10.6 Å². The van der Waals surface area contributed by atoms with E-state index in [0.717, 1.165) is 12.1 Å². The summed E-state index contributed by atoms with van der Waals surface area (Å²) in [5, 5.41) is 5.94. The average molecular weight is 265 g/mol. The maximum absolute atomic E-state index is 13.4. The van der Waals surface area contributed by atoms with E-state index in [2.05, 4.69) is 17.6 Å². The van der Waals surface area contributed by atoms with Crippen molar-refractivity contribution >= 4 is 11.6 Å². The second-order valence-electron chi connectivity index (χ2n) is 4.89. The fourth-order valence-electron chi connectivity index (χ4n) is 2.55. The number of rotatable bonds is 3. The molecule has 1 fully saturated rings. The van der Waals surface area contributed by atoms with Gasteiger partial charge in [0.2, 0.25) is 5.91 Å². The predicted molar refractivity (Wildman–Crippen MR) is 73.7 cm³/mol. The van der Waals surface area contributed by atoms with Gasteiger partial charge in [0, 0.05) is 24.8 Å². The number of carbonyl (C=O) groups is 1. The number of likely N-dealkylation sites (N-methyl/N-ethyl adjacent to an activating group) is 1. The summed E-state index contributed by atoms with van der Waals surface area (Å²) in [6, 6.07) is 6.29. The molecule has 1 amide bonds. The van der Waals surface area contributed by atoms with Gasteiger partial charge in [0.25, 0.3) is 0 Å². The molecule has 2 unspecified atom stereocenters. The Morgan fingerprint density at radius 2 is 2.32 bits per heavy atom. The van der Waals surface area contributed by atoms with Crippen LogP contribution in [-0.2, 0) is 4.79 Å². The average Bonchev–Trinajstić information content (AvgIpc) is 2.50. The molecule has 1 aromatic rings. The van der Waals surface area contributed by atoms with Crippen molar-refractivity contribution in [2.24, 2.45) is 0 Å². The topological polar surface area (TPSA) is 44.4 Å². The molecular formula is C14H20FN3O. The van der Waals surface area contributed by atoms with Crippen molar-refractivity contribution in [2.45, 2.75) is 25.4 Å². The van der Waals surface area contributed by atoms with Crippen molar-refractivity contribution in [3.8, 4) is 0 Å². The van der Waals surface area contributed by atoms with Crippen LogP contribution in [0.3, 0.4) is 0 Å². The lowest BCUT2D eigenvalue weighted by Crippen LogP contribution is -2.52. The van der Waals surface area contributed by atoms with E-state index >= 15 is 0 Å². The first kappa shape index (κ1) is 13.8. The monoisotopic (exact) mass is 265 g/mol. The quantitative estimate of drug-likeness (QED) is 0.861. The molecule has 0 radical (unpaired) electrons. The Kier molecular flexibility index (Phi) is 4.37. The van der Waals surface area contributed by atoms with Crippen LogP contribution in [0.2, 0.25) is 0 Å². The van der Waals surface area contributed by atoms with Gasteiger partial charge in [-0.25, -0.2) is 4.39 Å². The predicted octanol–water partition coefficient (Wildman–Crippen LogP) is 1.13. The van der Waals surface area contributed by atoms with Crippen LogP contribution in [0.15, 0.2) is 24.3 Å². The van der Waals surface area contributed by atoms with Gasteiger partial charge in [-0.2, -0.15) is 0 Å². The number of nitrogens with zero attached hydrogens (tertiary/aromatic N) is 1. The van der Waals surface area contributed by atoms with Crippen LogP contribution in [0.1, 0.15) is 13.3 Å². The van der Waals surface area contributed by atoms with Gasteiger partial charge >= 0.3 is 0 Å². The Labute approximate surface area is 113 Å². The summed E-state index contributed by atoms with van der Waals surface area (Å²) in [6.07, 6.45) is 0.850. The number of anilines is 1. The molecule has 0 saturated carbocycles. The van der Waals surface area contributed by atoms with Gasteiger partial charge in [0.05, 0.1) is 0 Å². The lowest BCUT2D eigenvalue weighted by Gasteiger charge is -2.35. The zero-order valence-electron chi connectivity index (χ0n) is 11.3. The van der Waals surface area contributed by atoms with E-state index in [1.165, 1.54) is 12.1 Å². The number of hydrogen-bond donors (Lipinski definition) is 2. The van der Waals surface area contributed by atoms with Gasteiger partial charge < -0.3 is 15.5 Å². The standard InChI is InChI=1S/C14H20FN3O/c1-10-6-7-17-14(19)13(9-16-2)18(10)12-5-3-4-11(15)8-12/h3-5,8,10,13,16H,6-7,9H2,1-2H3,(H,17,19). The molecule has 0 bridgehead atoms. The third kappa shape index (κ3) is 3.04. The minimum atomic E-state index is -0.315. The smallest absolute Gasteiger partial charge is 0.244 e. The summed E-state index contributed by atoms with van der Waals surface area (Å²) < 4.78 is 13.4. The SMILES string of the molecule is CNCC1C(=O)NCCC(C)N1c1cccc(F)c1. The number of carbonyl (C=O) groups excluding carboxylic acids is 1. The normalized spacial score (nSPS) is 23.9. The first-order chi connectivity index (χ1) is 9.13. The van der Waals surface area contributed by atoms with Gasteiger partial charge in [-0.3, -0.25) is 4.79 Å². The first-order valence-corrected chi connectivity index (χ1v) is 6.59. The Balaban J connectivity index is 2.37. The molecule has 0 spiro atoms. The first-order valence-electron chi connectivity index (χ1n) is 6.59. The van der Waals surface area contributed by atoms with Gasteiger partial charge in [-0.15, -0.1) is 0 Å². The lowest BCUT2D eigenvalue weighted by molar-refractivity contribution is -0.121. The second kappa shape index (κ2) is 6.02. The Hall–Kier alpha value is -1.62. The van der Waals surface area contributed by atoms with E-state index in [4.69, 9.17) is 0 Å². The van der Waals surface area contributed by atoms with E-state index in [0.29, 0.717) is 13.1 Å². The second-order valence-corrected chi connectivity index (χ2v) is 4.89. The van der Waals surface area contributed by atoms with Crippen LogP contribution in [0.25, 0.3) is 0 Å². The highest BCUT2D eigenvalue weighted by atomic mass is 19.1. The van der Waals surface area contributed by atoms with Crippen molar-refractivity contribution in [3.05, 3.63) is 30.1 Å². The molecule has 2 atom stereocenters. The van der Waals surface area contributed by atoms with Crippen LogP contribution in [0.5, 0.6) is 0 Å². The minimum absolute atomic E-state index is 0.0111. The van der Waals surface area contributed by atoms with Crippen molar-refractivity contribution < 1.29 is 9.18 Å². The van der Waals surface area contributed by atoms with Crippen LogP contribution < -0.4 is 15.5 Å². The molecule has 4 nitrogen and oxygen atoms in total. The summed E-state index contributed by atoms with van der Waals surface area (Å²) >= 11 is 0. The fourth-order valence-corrected chi connectivity index (χ4v) is 2.55. The Morgan fingerprint density at radius 1 is 1.53 bits per heavy atom. The van der Waals surface area contributed by atoms with Crippen LogP contribution in [-0.4, -0.2) is 38.1 Å². The molecule has 1 aromatic carbocycles. The van der Waals surface area contributed by atoms with Gasteiger partial charge in [-0.05, 0) is 38.6 Å². The maximum Gasteiger partial charge on any atom is 0.244 e. The molecule has 19 heavy (non-hydrogen) atoms. The number of benzene rings is 1. The van der Waals surface area contributed by atoms with Gasteiger partial charge in [0.1, 0.15) is 11.9 Å². The largest absolute Gasteiger partial charge is 0.356 e. The molecule has 0 aromatic heterocycles. The van der Waals surface area contributed by atoms with Crippen molar-refractivity contribution in [3.63, 3.8) is 0 Å². The Bertz CT molecular complexity index is 452. The highest BCUT2D eigenvalue weighted by molar-refractivity contribution is 5.86. The molecule has 104 valence electrons. The van der Waals surface area contributed by atoms with Crippen LogP contribution in [0, 0.1) is 5.82 Å². The van der Waals surface area contributed by atoms with E-state index in [9.17, 15) is 9.18 Å². The zero-order chi connectivity index (χ0) is 13.8. The highest BCUT2D eigenvalue weighted by Gasteiger charge is 2.31. The van der Waals surface area contributed by atoms with Crippen LogP contribution >= 0.6 is 0 Å². The third-order valence-corrected chi connectivity index (χ3v) is 3.48. The Morgan fingerprint density at radius 3 is 3.00 bits per heavy atom. The van der Waals surface area contributed by atoms with E-state index in [1.807, 2.05) is 18.0 Å². The summed E-state index contributed by atoms with van der Waals surface area (Å²) in [5.41, 5.74) is 0.754. The molecule has 1 saturated heterocycles. The number of halogens is 1. The molecule has 1 aliphatic rings. The van der Waals surface area contributed by atoms with Crippen molar-refractivity contribution in [1.29, 1.82) is 0 Å². The van der Waals surface area contributed by atoms with Crippen LogP contribution in [0.4, 0.5) is 10.1 Å². The summed E-state index contributed by atoms with van der Waals surface area (Å²) in [6.45, 7) is 3.26. The molecular weight excluding hydrogens is 245 g/mol. The van der Waals surface area contributed by atoms with E-state index < -0.39 is 0 Å². The molecule has 1 aliphatic heterocycles. The minimum Gasteiger partial charge on any atom is -0.356 e. The zero-order valence-corrected chi connectivity index (χ0v) is 11.3. The molecule has 0 aliphatic carbocycles. The van der Waals surface area contributed by atoms with E-state index in [1.54, 1.807) is 6.07 Å². The highest BCUT2D eigenvalue weighted by Crippen LogP contribution is 2.23. The molecule has 2 N–H and O–H groups in total. The number of nitrogens with one attached hydrogen (secondary N) is 2. The van der Waals surface area contributed by atoms with E-state index in [-0.39, 0.29) is 23.8 Å².